The quantitative estimate of drug-likeness (QED) is 0.883. The van der Waals surface area contributed by atoms with Gasteiger partial charge in [-0.15, -0.1) is 0 Å². The minimum Gasteiger partial charge on any atom is -0.508 e. The molecular weight excluding hydrogens is 262 g/mol. The highest BCUT2D eigenvalue weighted by molar-refractivity contribution is 6.30. The summed E-state index contributed by atoms with van der Waals surface area (Å²) in [5.74, 6) is 1.06. The molecule has 0 spiro atoms. The molecule has 0 bridgehead atoms. The minimum absolute atomic E-state index is 0.0829. The van der Waals surface area contributed by atoms with E-state index >= 15 is 0 Å². The van der Waals surface area contributed by atoms with E-state index in [1.807, 2.05) is 24.3 Å². The maximum absolute atomic E-state index is 9.27. The number of ether oxygens (including phenoxy) is 1. The Morgan fingerprint density at radius 1 is 1.16 bits per heavy atom. The zero-order valence-electron chi connectivity index (χ0n) is 10.4. The Morgan fingerprint density at radius 3 is 2.53 bits per heavy atom. The number of hydrogen-bond acceptors (Lipinski definition) is 3. The van der Waals surface area contributed by atoms with Crippen LogP contribution in [0, 0.1) is 0 Å². The van der Waals surface area contributed by atoms with Gasteiger partial charge in [0.15, 0.2) is 0 Å². The molecule has 0 aliphatic heterocycles. The van der Waals surface area contributed by atoms with Crippen molar-refractivity contribution < 1.29 is 9.84 Å². The van der Waals surface area contributed by atoms with Crippen molar-refractivity contribution in [3.63, 3.8) is 0 Å². The van der Waals surface area contributed by atoms with Crippen molar-refractivity contribution in [3.05, 3.63) is 59.1 Å². The van der Waals surface area contributed by atoms with E-state index in [4.69, 9.17) is 22.1 Å². The second kappa shape index (κ2) is 6.45. The molecule has 2 rings (SSSR count). The van der Waals surface area contributed by atoms with Crippen LogP contribution < -0.4 is 10.5 Å². The molecule has 0 heterocycles. The van der Waals surface area contributed by atoms with Gasteiger partial charge in [0.2, 0.25) is 0 Å². The number of hydrogen-bond donors (Lipinski definition) is 2. The lowest BCUT2D eigenvalue weighted by Gasteiger charge is -2.16. The molecule has 0 radical (unpaired) electrons. The standard InChI is InChI=1S/C15H16ClNO2/c16-13-2-1-3-15(8-13)19-10-12(9-17)11-4-6-14(18)7-5-11/h1-8,12,18H,9-10,17H2. The summed E-state index contributed by atoms with van der Waals surface area (Å²) >= 11 is 5.90. The van der Waals surface area contributed by atoms with Crippen molar-refractivity contribution in [2.24, 2.45) is 5.73 Å². The molecule has 0 aliphatic rings. The van der Waals surface area contributed by atoms with Crippen molar-refractivity contribution in [2.45, 2.75) is 5.92 Å². The zero-order valence-corrected chi connectivity index (χ0v) is 11.2. The highest BCUT2D eigenvalue weighted by Gasteiger charge is 2.10. The van der Waals surface area contributed by atoms with Crippen LogP contribution in [-0.4, -0.2) is 18.3 Å². The van der Waals surface area contributed by atoms with Crippen LogP contribution >= 0.6 is 11.6 Å². The van der Waals surface area contributed by atoms with Crippen LogP contribution in [0.5, 0.6) is 11.5 Å². The van der Waals surface area contributed by atoms with Crippen molar-refractivity contribution >= 4 is 11.6 Å². The molecule has 2 aromatic carbocycles. The van der Waals surface area contributed by atoms with E-state index in [2.05, 4.69) is 0 Å². The monoisotopic (exact) mass is 277 g/mol. The van der Waals surface area contributed by atoms with Crippen molar-refractivity contribution in [1.29, 1.82) is 0 Å². The Bertz CT molecular complexity index is 528. The van der Waals surface area contributed by atoms with E-state index in [1.54, 1.807) is 24.3 Å². The first-order valence-electron chi connectivity index (χ1n) is 6.06. The lowest BCUT2D eigenvalue weighted by molar-refractivity contribution is 0.290. The fourth-order valence-electron chi connectivity index (χ4n) is 1.80. The summed E-state index contributed by atoms with van der Waals surface area (Å²) in [6.45, 7) is 0.951. The van der Waals surface area contributed by atoms with E-state index in [0.717, 1.165) is 11.3 Å². The topological polar surface area (TPSA) is 55.5 Å². The number of halogens is 1. The number of nitrogens with two attached hydrogens (primary N) is 1. The molecule has 1 atom stereocenters. The average molecular weight is 278 g/mol. The zero-order chi connectivity index (χ0) is 13.7. The summed E-state index contributed by atoms with van der Waals surface area (Å²) < 4.78 is 5.70. The molecule has 0 aliphatic carbocycles. The molecule has 4 heteroatoms. The van der Waals surface area contributed by atoms with E-state index in [-0.39, 0.29) is 11.7 Å². The molecule has 2 aromatic rings. The molecule has 19 heavy (non-hydrogen) atoms. The molecule has 3 N–H and O–H groups in total. The van der Waals surface area contributed by atoms with Crippen LogP contribution in [-0.2, 0) is 0 Å². The van der Waals surface area contributed by atoms with Crippen LogP contribution in [0.1, 0.15) is 11.5 Å². The number of aromatic hydroxyl groups is 1. The van der Waals surface area contributed by atoms with Gasteiger partial charge in [0.05, 0.1) is 6.61 Å². The van der Waals surface area contributed by atoms with Crippen molar-refractivity contribution in [1.82, 2.24) is 0 Å². The van der Waals surface area contributed by atoms with E-state index < -0.39 is 0 Å². The molecule has 0 aromatic heterocycles. The van der Waals surface area contributed by atoms with Gasteiger partial charge in [0, 0.05) is 17.5 Å². The molecule has 100 valence electrons. The highest BCUT2D eigenvalue weighted by Crippen LogP contribution is 2.21. The normalized spacial score (nSPS) is 12.1. The van der Waals surface area contributed by atoms with Crippen LogP contribution in [0.4, 0.5) is 0 Å². The van der Waals surface area contributed by atoms with Gasteiger partial charge in [-0.25, -0.2) is 0 Å². The van der Waals surface area contributed by atoms with E-state index in [9.17, 15) is 5.11 Å². The Kier molecular flexibility index (Phi) is 4.66. The van der Waals surface area contributed by atoms with Crippen LogP contribution in [0.3, 0.4) is 0 Å². The molecule has 1 unspecified atom stereocenters. The lowest BCUT2D eigenvalue weighted by Crippen LogP contribution is -2.19. The minimum atomic E-state index is 0.0829. The molecule has 0 saturated carbocycles. The molecule has 3 nitrogen and oxygen atoms in total. The Hall–Kier alpha value is -1.71. The molecular formula is C15H16ClNO2. The lowest BCUT2D eigenvalue weighted by atomic mass is 10.0. The maximum Gasteiger partial charge on any atom is 0.120 e. The van der Waals surface area contributed by atoms with Gasteiger partial charge < -0.3 is 15.6 Å². The van der Waals surface area contributed by atoms with Crippen LogP contribution in [0.25, 0.3) is 0 Å². The first-order valence-corrected chi connectivity index (χ1v) is 6.44. The van der Waals surface area contributed by atoms with Gasteiger partial charge in [-0.05, 0) is 35.9 Å². The fraction of sp³-hybridized carbons (Fsp3) is 0.200. The largest absolute Gasteiger partial charge is 0.508 e. The van der Waals surface area contributed by atoms with E-state index in [0.29, 0.717) is 18.2 Å². The first-order chi connectivity index (χ1) is 9.19. The second-order valence-electron chi connectivity index (χ2n) is 4.29. The summed E-state index contributed by atoms with van der Waals surface area (Å²) in [7, 11) is 0. The number of phenols is 1. The Morgan fingerprint density at radius 2 is 1.89 bits per heavy atom. The SMILES string of the molecule is NCC(COc1cccc(Cl)c1)c1ccc(O)cc1. The first kappa shape index (κ1) is 13.7. The third kappa shape index (κ3) is 3.88. The fourth-order valence-corrected chi connectivity index (χ4v) is 1.98. The van der Waals surface area contributed by atoms with Gasteiger partial charge in [0.1, 0.15) is 11.5 Å². The summed E-state index contributed by atoms with van der Waals surface area (Å²) in [6.07, 6.45) is 0. The van der Waals surface area contributed by atoms with Gasteiger partial charge in [-0.1, -0.05) is 29.8 Å². The van der Waals surface area contributed by atoms with Crippen molar-refractivity contribution in [2.75, 3.05) is 13.2 Å². The Labute approximate surface area is 117 Å². The molecule has 0 amide bonds. The smallest absolute Gasteiger partial charge is 0.120 e. The third-order valence-electron chi connectivity index (χ3n) is 2.90. The van der Waals surface area contributed by atoms with Gasteiger partial charge in [-0.2, -0.15) is 0 Å². The number of benzene rings is 2. The molecule has 0 saturated heterocycles. The van der Waals surface area contributed by atoms with E-state index in [1.165, 1.54) is 0 Å². The van der Waals surface area contributed by atoms with Crippen LogP contribution in [0.2, 0.25) is 5.02 Å². The predicted molar refractivity (Wildman–Crippen MR) is 76.8 cm³/mol. The third-order valence-corrected chi connectivity index (χ3v) is 3.13. The summed E-state index contributed by atoms with van der Waals surface area (Å²) in [4.78, 5) is 0. The average Bonchev–Trinajstić information content (AvgIpc) is 2.41. The highest BCUT2D eigenvalue weighted by atomic mass is 35.5. The summed E-state index contributed by atoms with van der Waals surface area (Å²) in [6, 6.07) is 14.3. The summed E-state index contributed by atoms with van der Waals surface area (Å²) in [5, 5.41) is 9.92. The van der Waals surface area contributed by atoms with Gasteiger partial charge >= 0.3 is 0 Å². The maximum atomic E-state index is 9.27. The predicted octanol–water partition coefficient (Wildman–Crippen LogP) is 3.17. The number of rotatable bonds is 5. The van der Waals surface area contributed by atoms with Crippen LogP contribution in [0.15, 0.2) is 48.5 Å². The number of phenolic OH excluding ortho intramolecular Hbond substituents is 1. The van der Waals surface area contributed by atoms with Crippen molar-refractivity contribution in [3.8, 4) is 11.5 Å². The summed E-state index contributed by atoms with van der Waals surface area (Å²) in [5.41, 5.74) is 6.81. The van der Waals surface area contributed by atoms with Gasteiger partial charge in [-0.3, -0.25) is 0 Å². The van der Waals surface area contributed by atoms with Gasteiger partial charge in [0.25, 0.3) is 0 Å². The second-order valence-corrected chi connectivity index (χ2v) is 4.73. The molecule has 0 fully saturated rings. The Balaban J connectivity index is 2.01.